The summed E-state index contributed by atoms with van der Waals surface area (Å²) >= 11 is 3.41. The molecule has 17 heavy (non-hydrogen) atoms. The van der Waals surface area contributed by atoms with Crippen LogP contribution in [-0.4, -0.2) is 32.1 Å². The summed E-state index contributed by atoms with van der Waals surface area (Å²) < 4.78 is 10.8. The van der Waals surface area contributed by atoms with Crippen molar-refractivity contribution in [1.29, 1.82) is 0 Å². The van der Waals surface area contributed by atoms with Crippen molar-refractivity contribution in [2.45, 2.75) is 12.8 Å². The van der Waals surface area contributed by atoms with Gasteiger partial charge in [-0.3, -0.25) is 0 Å². The molecule has 0 saturated heterocycles. The first-order valence-corrected chi connectivity index (χ1v) is 7.03. The number of unbranched alkanes of at least 4 members (excludes halogenated alkanes) is 1. The normalized spacial score (nSPS) is 10.2. The third-order valence-corrected chi connectivity index (χ3v) is 2.90. The Labute approximate surface area is 112 Å². The van der Waals surface area contributed by atoms with Crippen molar-refractivity contribution in [3.05, 3.63) is 24.3 Å². The molecule has 0 bridgehead atoms. The number of ether oxygens (including phenoxy) is 2. The zero-order valence-corrected chi connectivity index (χ0v) is 11.8. The van der Waals surface area contributed by atoms with Gasteiger partial charge >= 0.3 is 0 Å². The van der Waals surface area contributed by atoms with Crippen molar-refractivity contribution in [2.75, 3.05) is 32.1 Å². The first-order chi connectivity index (χ1) is 8.38. The van der Waals surface area contributed by atoms with Gasteiger partial charge in [-0.1, -0.05) is 28.1 Å². The summed E-state index contributed by atoms with van der Waals surface area (Å²) in [5.74, 6) is 1.59. The summed E-state index contributed by atoms with van der Waals surface area (Å²) in [5.41, 5.74) is 0. The molecule has 0 aliphatic carbocycles. The molecule has 0 aliphatic heterocycles. The molecule has 0 amide bonds. The van der Waals surface area contributed by atoms with Gasteiger partial charge in [-0.15, -0.1) is 0 Å². The molecule has 1 aromatic rings. The number of alkyl halides is 1. The van der Waals surface area contributed by atoms with Crippen LogP contribution in [-0.2, 0) is 0 Å². The van der Waals surface area contributed by atoms with Crippen LogP contribution in [0.25, 0.3) is 0 Å². The molecule has 96 valence electrons. The summed E-state index contributed by atoms with van der Waals surface area (Å²) in [7, 11) is 1.65. The molecule has 0 saturated carbocycles. The number of para-hydroxylation sites is 2. The molecule has 0 spiro atoms. The molecule has 0 radical (unpaired) electrons. The van der Waals surface area contributed by atoms with E-state index in [9.17, 15) is 0 Å². The van der Waals surface area contributed by atoms with E-state index in [0.29, 0.717) is 6.61 Å². The molecule has 0 unspecified atom stereocenters. The summed E-state index contributed by atoms with van der Waals surface area (Å²) in [6, 6.07) is 7.70. The molecule has 4 heteroatoms. The lowest BCUT2D eigenvalue weighted by atomic mass is 10.3. The van der Waals surface area contributed by atoms with Gasteiger partial charge in [-0.25, -0.2) is 0 Å². The van der Waals surface area contributed by atoms with Crippen LogP contribution in [0.4, 0.5) is 0 Å². The van der Waals surface area contributed by atoms with Crippen LogP contribution in [0.5, 0.6) is 11.5 Å². The maximum absolute atomic E-state index is 5.64. The number of rotatable bonds is 9. The van der Waals surface area contributed by atoms with Crippen molar-refractivity contribution < 1.29 is 9.47 Å². The lowest BCUT2D eigenvalue weighted by Crippen LogP contribution is -2.22. The van der Waals surface area contributed by atoms with Crippen LogP contribution in [0.2, 0.25) is 0 Å². The lowest BCUT2D eigenvalue weighted by Gasteiger charge is -2.10. The van der Waals surface area contributed by atoms with E-state index >= 15 is 0 Å². The monoisotopic (exact) mass is 301 g/mol. The van der Waals surface area contributed by atoms with Crippen LogP contribution in [0.1, 0.15) is 12.8 Å². The van der Waals surface area contributed by atoms with E-state index in [1.807, 2.05) is 24.3 Å². The number of benzene rings is 1. The Bertz CT molecular complexity index is 307. The van der Waals surface area contributed by atoms with Gasteiger partial charge < -0.3 is 14.8 Å². The number of halogens is 1. The molecule has 0 aliphatic rings. The Morgan fingerprint density at radius 3 is 2.59 bits per heavy atom. The standard InChI is InChI=1S/C13H20BrNO2/c1-16-12-6-2-3-7-13(12)17-11-10-15-9-5-4-8-14/h2-3,6-7,15H,4-5,8-11H2,1H3. The molecule has 0 atom stereocenters. The van der Waals surface area contributed by atoms with Gasteiger partial charge in [-0.2, -0.15) is 0 Å². The summed E-state index contributed by atoms with van der Waals surface area (Å²) in [4.78, 5) is 0. The Balaban J connectivity index is 2.13. The highest BCUT2D eigenvalue weighted by Gasteiger charge is 2.01. The van der Waals surface area contributed by atoms with Crippen LogP contribution >= 0.6 is 15.9 Å². The average Bonchev–Trinajstić information content (AvgIpc) is 2.38. The topological polar surface area (TPSA) is 30.5 Å². The van der Waals surface area contributed by atoms with Crippen LogP contribution in [0.15, 0.2) is 24.3 Å². The second-order valence-electron chi connectivity index (χ2n) is 3.65. The van der Waals surface area contributed by atoms with Gasteiger partial charge in [0, 0.05) is 11.9 Å². The molecule has 1 aromatic carbocycles. The van der Waals surface area contributed by atoms with Gasteiger partial charge in [0.1, 0.15) is 6.61 Å². The quantitative estimate of drug-likeness (QED) is 0.562. The van der Waals surface area contributed by atoms with E-state index in [1.165, 1.54) is 12.8 Å². The van der Waals surface area contributed by atoms with E-state index in [1.54, 1.807) is 7.11 Å². The Hall–Kier alpha value is -0.740. The highest BCUT2D eigenvalue weighted by molar-refractivity contribution is 9.09. The number of hydrogen-bond acceptors (Lipinski definition) is 3. The van der Waals surface area contributed by atoms with Gasteiger partial charge in [0.25, 0.3) is 0 Å². The van der Waals surface area contributed by atoms with Gasteiger partial charge in [0.05, 0.1) is 7.11 Å². The molecular formula is C13H20BrNO2. The molecule has 0 fully saturated rings. The first kappa shape index (κ1) is 14.3. The third-order valence-electron chi connectivity index (χ3n) is 2.34. The Morgan fingerprint density at radius 1 is 1.12 bits per heavy atom. The zero-order valence-electron chi connectivity index (χ0n) is 10.2. The van der Waals surface area contributed by atoms with Crippen LogP contribution in [0, 0.1) is 0 Å². The summed E-state index contributed by atoms with van der Waals surface area (Å²) in [6.45, 7) is 2.57. The maximum atomic E-state index is 5.64. The van der Waals surface area contributed by atoms with Gasteiger partial charge in [-0.05, 0) is 31.5 Å². The largest absolute Gasteiger partial charge is 0.493 e. The highest BCUT2D eigenvalue weighted by Crippen LogP contribution is 2.25. The average molecular weight is 302 g/mol. The van der Waals surface area contributed by atoms with E-state index in [-0.39, 0.29) is 0 Å². The molecule has 0 aromatic heterocycles. The van der Waals surface area contributed by atoms with E-state index in [0.717, 1.165) is 29.9 Å². The smallest absolute Gasteiger partial charge is 0.161 e. The maximum Gasteiger partial charge on any atom is 0.161 e. The van der Waals surface area contributed by atoms with Crippen LogP contribution in [0.3, 0.4) is 0 Å². The summed E-state index contributed by atoms with van der Waals surface area (Å²) in [6.07, 6.45) is 2.40. The number of nitrogens with one attached hydrogen (secondary N) is 1. The fraction of sp³-hybridized carbons (Fsp3) is 0.538. The number of hydrogen-bond donors (Lipinski definition) is 1. The minimum Gasteiger partial charge on any atom is -0.493 e. The highest BCUT2D eigenvalue weighted by atomic mass is 79.9. The third kappa shape index (κ3) is 5.94. The summed E-state index contributed by atoms with van der Waals surface area (Å²) in [5, 5.41) is 4.42. The van der Waals surface area contributed by atoms with E-state index < -0.39 is 0 Å². The molecule has 1 N–H and O–H groups in total. The van der Waals surface area contributed by atoms with Crippen LogP contribution < -0.4 is 14.8 Å². The van der Waals surface area contributed by atoms with Crippen molar-refractivity contribution >= 4 is 15.9 Å². The second kappa shape index (κ2) is 9.31. The van der Waals surface area contributed by atoms with Crippen molar-refractivity contribution in [1.82, 2.24) is 5.32 Å². The molecule has 1 rings (SSSR count). The molecular weight excluding hydrogens is 282 g/mol. The first-order valence-electron chi connectivity index (χ1n) is 5.91. The minimum absolute atomic E-state index is 0.661. The van der Waals surface area contributed by atoms with Gasteiger partial charge in [0.15, 0.2) is 11.5 Å². The van der Waals surface area contributed by atoms with E-state index in [2.05, 4.69) is 21.2 Å². The second-order valence-corrected chi connectivity index (χ2v) is 4.44. The zero-order chi connectivity index (χ0) is 12.3. The number of methoxy groups -OCH3 is 1. The molecule has 0 heterocycles. The van der Waals surface area contributed by atoms with Crippen molar-refractivity contribution in [3.63, 3.8) is 0 Å². The minimum atomic E-state index is 0.661. The fourth-order valence-electron chi connectivity index (χ4n) is 1.44. The SMILES string of the molecule is COc1ccccc1OCCNCCCCBr. The predicted octanol–water partition coefficient (Wildman–Crippen LogP) is 2.84. The fourth-order valence-corrected chi connectivity index (χ4v) is 1.84. The predicted molar refractivity (Wildman–Crippen MR) is 74.4 cm³/mol. The van der Waals surface area contributed by atoms with Gasteiger partial charge in [0.2, 0.25) is 0 Å². The lowest BCUT2D eigenvalue weighted by molar-refractivity contribution is 0.292. The van der Waals surface area contributed by atoms with Crippen molar-refractivity contribution in [3.8, 4) is 11.5 Å². The van der Waals surface area contributed by atoms with Crippen molar-refractivity contribution in [2.24, 2.45) is 0 Å². The van der Waals surface area contributed by atoms with E-state index in [4.69, 9.17) is 9.47 Å². The Morgan fingerprint density at radius 2 is 1.88 bits per heavy atom. The molecule has 3 nitrogen and oxygen atoms in total. The Kier molecular flexibility index (Phi) is 7.84.